The molecule has 1 aromatic heterocycles. The van der Waals surface area contributed by atoms with Crippen LogP contribution in [-0.4, -0.2) is 44.3 Å². The lowest BCUT2D eigenvalue weighted by Gasteiger charge is -2.07. The number of nitro benzene ring substituents is 2. The number of hydrogen-bond donors (Lipinski definition) is 0. The number of rotatable bonds is 8. The summed E-state index contributed by atoms with van der Waals surface area (Å²) in [6, 6.07) is 9.51. The van der Waals surface area contributed by atoms with Crippen molar-refractivity contribution in [3.05, 3.63) is 62.2 Å². The zero-order chi connectivity index (χ0) is 21.0. The monoisotopic (exact) mass is 418 g/mol. The maximum absolute atomic E-state index is 11.3. The standard InChI is InChI=1S/C16H14N6O6S/c1-27-12-5-3-11(4-6-12)20-16(17-18-19-20)29-9-10-7-13(21(23)24)15(28-2)14(8-10)22(25)26/h3-8H,9H2,1-2H3. The highest BCUT2D eigenvalue weighted by molar-refractivity contribution is 7.98. The third kappa shape index (κ3) is 4.24. The number of ether oxygens (including phenoxy) is 2. The van der Waals surface area contributed by atoms with E-state index < -0.39 is 27.0 Å². The minimum atomic E-state index is -0.721. The van der Waals surface area contributed by atoms with Gasteiger partial charge in [-0.15, -0.1) is 5.10 Å². The predicted molar refractivity (Wildman–Crippen MR) is 102 cm³/mol. The number of thioether (sulfide) groups is 1. The van der Waals surface area contributed by atoms with Crippen LogP contribution in [0.4, 0.5) is 11.4 Å². The molecule has 29 heavy (non-hydrogen) atoms. The van der Waals surface area contributed by atoms with Gasteiger partial charge < -0.3 is 9.47 Å². The minimum Gasteiger partial charge on any atom is -0.497 e. The fourth-order valence-corrected chi connectivity index (χ4v) is 3.34. The minimum absolute atomic E-state index is 0.169. The van der Waals surface area contributed by atoms with E-state index in [0.29, 0.717) is 22.2 Å². The first-order valence-corrected chi connectivity index (χ1v) is 8.98. The maximum atomic E-state index is 11.3. The number of aromatic nitrogens is 4. The first kappa shape index (κ1) is 20.0. The number of hydrogen-bond acceptors (Lipinski definition) is 10. The van der Waals surface area contributed by atoms with Crippen molar-refractivity contribution in [3.8, 4) is 17.2 Å². The van der Waals surface area contributed by atoms with E-state index in [9.17, 15) is 20.2 Å². The fraction of sp³-hybridized carbons (Fsp3) is 0.188. The van der Waals surface area contributed by atoms with Crippen molar-refractivity contribution in [2.75, 3.05) is 14.2 Å². The molecule has 0 aliphatic rings. The summed E-state index contributed by atoms with van der Waals surface area (Å²) in [6.45, 7) is 0. The molecule has 0 N–H and O–H groups in total. The summed E-state index contributed by atoms with van der Waals surface area (Å²) in [6.07, 6.45) is 0. The van der Waals surface area contributed by atoms with Gasteiger partial charge in [0.2, 0.25) is 5.16 Å². The van der Waals surface area contributed by atoms with Gasteiger partial charge in [0, 0.05) is 17.9 Å². The number of tetrazole rings is 1. The summed E-state index contributed by atoms with van der Waals surface area (Å²) >= 11 is 1.18. The summed E-state index contributed by atoms with van der Waals surface area (Å²) in [4.78, 5) is 21.1. The Morgan fingerprint density at radius 1 is 1.03 bits per heavy atom. The van der Waals surface area contributed by atoms with Gasteiger partial charge in [-0.3, -0.25) is 20.2 Å². The lowest BCUT2D eigenvalue weighted by Crippen LogP contribution is -2.01. The molecular formula is C16H14N6O6S. The van der Waals surface area contributed by atoms with Crippen molar-refractivity contribution < 1.29 is 19.3 Å². The molecule has 0 aliphatic heterocycles. The van der Waals surface area contributed by atoms with Gasteiger partial charge in [-0.05, 0) is 40.3 Å². The Morgan fingerprint density at radius 2 is 1.66 bits per heavy atom. The van der Waals surface area contributed by atoms with Gasteiger partial charge in [0.15, 0.2) is 0 Å². The molecule has 0 atom stereocenters. The first-order chi connectivity index (χ1) is 13.9. The van der Waals surface area contributed by atoms with E-state index in [1.807, 2.05) is 0 Å². The third-order valence-corrected chi connectivity index (χ3v) is 4.82. The Kier molecular flexibility index (Phi) is 5.87. The van der Waals surface area contributed by atoms with Gasteiger partial charge in [0.1, 0.15) is 5.75 Å². The molecule has 13 heteroatoms. The summed E-state index contributed by atoms with van der Waals surface area (Å²) in [5.74, 6) is 0.452. The van der Waals surface area contributed by atoms with Crippen molar-refractivity contribution in [1.29, 1.82) is 0 Å². The molecule has 0 radical (unpaired) electrons. The zero-order valence-corrected chi connectivity index (χ0v) is 16.0. The van der Waals surface area contributed by atoms with Gasteiger partial charge in [-0.25, -0.2) is 0 Å². The molecule has 0 amide bonds. The molecule has 0 aliphatic carbocycles. The van der Waals surface area contributed by atoms with Crippen molar-refractivity contribution in [1.82, 2.24) is 20.2 Å². The summed E-state index contributed by atoms with van der Waals surface area (Å²) in [7, 11) is 2.70. The number of nitro groups is 2. The molecule has 3 rings (SSSR count). The maximum Gasteiger partial charge on any atom is 0.318 e. The van der Waals surface area contributed by atoms with Crippen LogP contribution in [0.2, 0.25) is 0 Å². The normalized spacial score (nSPS) is 10.6. The summed E-state index contributed by atoms with van der Waals surface area (Å²) in [5, 5.41) is 34.5. The second-order valence-electron chi connectivity index (χ2n) is 5.54. The van der Waals surface area contributed by atoms with Crippen LogP contribution in [0, 0.1) is 20.2 Å². The number of nitrogens with zero attached hydrogens (tertiary/aromatic N) is 6. The molecular weight excluding hydrogens is 404 g/mol. The van der Waals surface area contributed by atoms with Crippen molar-refractivity contribution in [2.45, 2.75) is 10.9 Å². The highest BCUT2D eigenvalue weighted by Crippen LogP contribution is 2.39. The molecule has 150 valence electrons. The highest BCUT2D eigenvalue weighted by Gasteiger charge is 2.28. The third-order valence-electron chi connectivity index (χ3n) is 3.83. The molecule has 3 aromatic rings. The van der Waals surface area contributed by atoms with E-state index in [1.165, 1.54) is 28.6 Å². The second-order valence-corrected chi connectivity index (χ2v) is 6.48. The molecule has 0 fully saturated rings. The van der Waals surface area contributed by atoms with Crippen LogP contribution in [-0.2, 0) is 5.75 Å². The average Bonchev–Trinajstić information content (AvgIpc) is 3.20. The smallest absolute Gasteiger partial charge is 0.318 e. The average molecular weight is 418 g/mol. The molecule has 0 unspecified atom stereocenters. The van der Waals surface area contributed by atoms with Gasteiger partial charge >= 0.3 is 11.4 Å². The van der Waals surface area contributed by atoms with Crippen molar-refractivity contribution in [2.24, 2.45) is 0 Å². The van der Waals surface area contributed by atoms with Crippen LogP contribution in [0.15, 0.2) is 41.6 Å². The molecule has 1 heterocycles. The van der Waals surface area contributed by atoms with Crippen LogP contribution in [0.25, 0.3) is 5.69 Å². The topological polar surface area (TPSA) is 148 Å². The summed E-state index contributed by atoms with van der Waals surface area (Å²) < 4.78 is 11.5. The molecule has 0 spiro atoms. The Balaban J connectivity index is 1.88. The Bertz CT molecular complexity index is 1020. The van der Waals surface area contributed by atoms with Gasteiger partial charge in [-0.1, -0.05) is 11.8 Å². The predicted octanol–water partition coefficient (Wildman–Crippen LogP) is 2.79. The molecule has 0 saturated carbocycles. The van der Waals surface area contributed by atoms with Gasteiger partial charge in [-0.2, -0.15) is 4.68 Å². The van der Waals surface area contributed by atoms with E-state index in [1.54, 1.807) is 31.4 Å². The van der Waals surface area contributed by atoms with E-state index in [2.05, 4.69) is 15.5 Å². The number of methoxy groups -OCH3 is 2. The quantitative estimate of drug-likeness (QED) is 0.303. The van der Waals surface area contributed by atoms with Crippen molar-refractivity contribution >= 4 is 23.1 Å². The first-order valence-electron chi connectivity index (χ1n) is 8.00. The molecule has 0 saturated heterocycles. The molecule has 0 bridgehead atoms. The summed E-state index contributed by atoms with van der Waals surface area (Å²) in [5.41, 5.74) is 0.0857. The molecule has 12 nitrogen and oxygen atoms in total. The lowest BCUT2D eigenvalue weighted by atomic mass is 10.1. The SMILES string of the molecule is COc1ccc(-n2nnnc2SCc2cc([N+](=O)[O-])c(OC)c([N+](=O)[O-])c2)cc1. The molecule has 2 aromatic carbocycles. The van der Waals surface area contributed by atoms with Crippen LogP contribution >= 0.6 is 11.8 Å². The Morgan fingerprint density at radius 3 is 2.17 bits per heavy atom. The highest BCUT2D eigenvalue weighted by atomic mass is 32.2. The fourth-order valence-electron chi connectivity index (χ4n) is 2.52. The van der Waals surface area contributed by atoms with E-state index >= 15 is 0 Å². The van der Waals surface area contributed by atoms with E-state index in [0.717, 1.165) is 7.11 Å². The van der Waals surface area contributed by atoms with Crippen LogP contribution in [0.5, 0.6) is 11.5 Å². The lowest BCUT2D eigenvalue weighted by molar-refractivity contribution is -0.395. The van der Waals surface area contributed by atoms with Gasteiger partial charge in [0.05, 0.1) is 29.8 Å². The van der Waals surface area contributed by atoms with Crippen LogP contribution in [0.3, 0.4) is 0 Å². The Hall–Kier alpha value is -3.74. The van der Waals surface area contributed by atoms with E-state index in [-0.39, 0.29) is 5.75 Å². The van der Waals surface area contributed by atoms with Crippen LogP contribution < -0.4 is 9.47 Å². The van der Waals surface area contributed by atoms with Crippen LogP contribution in [0.1, 0.15) is 5.56 Å². The van der Waals surface area contributed by atoms with Gasteiger partial charge in [0.25, 0.3) is 5.75 Å². The van der Waals surface area contributed by atoms with Crippen molar-refractivity contribution in [3.63, 3.8) is 0 Å². The second kappa shape index (κ2) is 8.52. The van der Waals surface area contributed by atoms with E-state index in [4.69, 9.17) is 9.47 Å². The Labute approximate surface area is 167 Å². The largest absolute Gasteiger partial charge is 0.497 e. The number of benzene rings is 2. The zero-order valence-electron chi connectivity index (χ0n) is 15.2.